The van der Waals surface area contributed by atoms with E-state index >= 15 is 0 Å². The van der Waals surface area contributed by atoms with Gasteiger partial charge in [0.15, 0.2) is 0 Å². The predicted molar refractivity (Wildman–Crippen MR) is 75.9 cm³/mol. The lowest BCUT2D eigenvalue weighted by Crippen LogP contribution is -2.41. The Morgan fingerprint density at radius 3 is 2.00 bits per heavy atom. The van der Waals surface area contributed by atoms with Crippen molar-refractivity contribution in [2.24, 2.45) is 0 Å². The highest BCUT2D eigenvalue weighted by molar-refractivity contribution is 6.66. The van der Waals surface area contributed by atoms with E-state index in [1.54, 1.807) is 0 Å². The second kappa shape index (κ2) is 10.1. The lowest BCUT2D eigenvalue weighted by atomic mass is 10.1. The van der Waals surface area contributed by atoms with Crippen LogP contribution in [-0.4, -0.2) is 41.2 Å². The number of unbranched alkanes of at least 4 members (excludes halogenated alkanes) is 4. The quantitative estimate of drug-likeness (QED) is 0.360. The van der Waals surface area contributed by atoms with E-state index in [-0.39, 0.29) is 0 Å². The monoisotopic (exact) mass is 290 g/mol. The van der Waals surface area contributed by atoms with Crippen LogP contribution in [0.15, 0.2) is 11.3 Å². The van der Waals surface area contributed by atoms with Gasteiger partial charge < -0.3 is 18.4 Å². The highest BCUT2D eigenvalue weighted by atomic mass is 28.4. The number of carboxylic acids is 1. The van der Waals surface area contributed by atoms with Crippen molar-refractivity contribution in [3.8, 4) is 0 Å². The molecule has 0 atom stereocenters. The Balaban J connectivity index is 4.57. The Morgan fingerprint density at radius 2 is 1.58 bits per heavy atom. The van der Waals surface area contributed by atoms with Crippen LogP contribution < -0.4 is 0 Å². The van der Waals surface area contributed by atoms with Gasteiger partial charge in [-0.3, -0.25) is 0 Å². The van der Waals surface area contributed by atoms with Gasteiger partial charge in [-0.25, -0.2) is 4.79 Å². The highest BCUT2D eigenvalue weighted by Gasteiger charge is 2.36. The zero-order valence-electron chi connectivity index (χ0n) is 12.4. The average Bonchev–Trinajstić information content (AvgIpc) is 2.42. The molecule has 0 aromatic heterocycles. The SMILES string of the molecule is CCCCCCCC(=C[Si](OC)(OC)OC)C(=O)O. The third-order valence-electron chi connectivity index (χ3n) is 3.03. The molecule has 0 fully saturated rings. The molecule has 0 aliphatic rings. The minimum absolute atomic E-state index is 0.314. The lowest BCUT2D eigenvalue weighted by Gasteiger charge is -2.21. The smallest absolute Gasteiger partial charge is 0.478 e. The van der Waals surface area contributed by atoms with Gasteiger partial charge in [0, 0.05) is 26.9 Å². The summed E-state index contributed by atoms with van der Waals surface area (Å²) in [5.41, 5.74) is 1.84. The zero-order valence-corrected chi connectivity index (χ0v) is 13.4. The number of carboxylic acid groups (broad SMARTS) is 1. The molecule has 0 aliphatic heterocycles. The van der Waals surface area contributed by atoms with Gasteiger partial charge in [0.1, 0.15) is 0 Å². The maximum Gasteiger partial charge on any atom is 0.529 e. The van der Waals surface area contributed by atoms with Crippen LogP contribution in [0.25, 0.3) is 0 Å². The summed E-state index contributed by atoms with van der Waals surface area (Å²) >= 11 is 0. The Bertz CT molecular complexity index is 278. The molecule has 0 spiro atoms. The van der Waals surface area contributed by atoms with E-state index in [9.17, 15) is 9.90 Å². The summed E-state index contributed by atoms with van der Waals surface area (Å²) < 4.78 is 15.6. The minimum atomic E-state index is -2.96. The molecular weight excluding hydrogens is 264 g/mol. The van der Waals surface area contributed by atoms with Crippen LogP contribution in [0.1, 0.15) is 45.4 Å². The molecule has 0 saturated heterocycles. The summed E-state index contributed by atoms with van der Waals surface area (Å²) in [5, 5.41) is 9.21. The summed E-state index contributed by atoms with van der Waals surface area (Å²) in [6.07, 6.45) is 5.93. The first kappa shape index (κ1) is 18.3. The van der Waals surface area contributed by atoms with Crippen LogP contribution in [0.3, 0.4) is 0 Å². The van der Waals surface area contributed by atoms with E-state index in [2.05, 4.69) is 6.92 Å². The topological polar surface area (TPSA) is 65.0 Å². The fraction of sp³-hybridized carbons (Fsp3) is 0.769. The van der Waals surface area contributed by atoms with Gasteiger partial charge in [-0.2, -0.15) is 0 Å². The first-order chi connectivity index (χ1) is 9.05. The number of aliphatic carboxylic acids is 1. The average molecular weight is 290 g/mol. The first-order valence-corrected chi connectivity index (χ1v) is 8.45. The van der Waals surface area contributed by atoms with E-state index in [1.165, 1.54) is 39.9 Å². The van der Waals surface area contributed by atoms with Gasteiger partial charge in [0.25, 0.3) is 0 Å². The molecule has 0 aliphatic carbocycles. The van der Waals surface area contributed by atoms with Crippen LogP contribution in [0.4, 0.5) is 0 Å². The fourth-order valence-electron chi connectivity index (χ4n) is 1.80. The van der Waals surface area contributed by atoms with Crippen molar-refractivity contribution in [1.82, 2.24) is 0 Å². The highest BCUT2D eigenvalue weighted by Crippen LogP contribution is 2.17. The van der Waals surface area contributed by atoms with E-state index < -0.39 is 14.8 Å². The molecule has 0 heterocycles. The molecular formula is C13H26O5Si. The zero-order chi connectivity index (χ0) is 14.7. The van der Waals surface area contributed by atoms with Gasteiger partial charge in [0.2, 0.25) is 0 Å². The minimum Gasteiger partial charge on any atom is -0.478 e. The maximum absolute atomic E-state index is 11.2. The number of hydrogen-bond acceptors (Lipinski definition) is 4. The van der Waals surface area contributed by atoms with Crippen LogP contribution in [0.2, 0.25) is 0 Å². The summed E-state index contributed by atoms with van der Waals surface area (Å²) in [6, 6.07) is 0. The number of carbonyl (C=O) groups is 1. The summed E-state index contributed by atoms with van der Waals surface area (Å²) in [7, 11) is 1.44. The normalized spacial score (nSPS) is 12.7. The van der Waals surface area contributed by atoms with Gasteiger partial charge >= 0.3 is 14.8 Å². The molecule has 0 aromatic carbocycles. The van der Waals surface area contributed by atoms with E-state index in [1.807, 2.05) is 0 Å². The van der Waals surface area contributed by atoms with E-state index in [0.717, 1.165) is 19.3 Å². The standard InChI is InChI=1S/C13H26O5Si/c1-5-6-7-8-9-10-12(13(14)15)11-19(16-2,17-3)18-4/h11H,5-10H2,1-4H3,(H,14,15). The molecule has 0 unspecified atom stereocenters. The molecule has 0 radical (unpaired) electrons. The van der Waals surface area contributed by atoms with Crippen molar-refractivity contribution in [2.75, 3.05) is 21.3 Å². The number of rotatable bonds is 11. The Labute approximate surface area is 116 Å². The van der Waals surface area contributed by atoms with E-state index in [0.29, 0.717) is 12.0 Å². The summed E-state index contributed by atoms with van der Waals surface area (Å²) in [5.74, 6) is -0.932. The van der Waals surface area contributed by atoms with Crippen molar-refractivity contribution in [3.63, 3.8) is 0 Å². The maximum atomic E-state index is 11.2. The number of hydrogen-bond donors (Lipinski definition) is 1. The summed E-state index contributed by atoms with van der Waals surface area (Å²) in [6.45, 7) is 2.15. The third-order valence-corrected chi connectivity index (χ3v) is 5.44. The molecule has 0 aromatic rings. The summed E-state index contributed by atoms with van der Waals surface area (Å²) in [4.78, 5) is 11.2. The Morgan fingerprint density at radius 1 is 1.05 bits per heavy atom. The Kier molecular flexibility index (Phi) is 9.77. The van der Waals surface area contributed by atoms with E-state index in [4.69, 9.17) is 13.3 Å². The van der Waals surface area contributed by atoms with Crippen molar-refractivity contribution >= 4 is 14.8 Å². The van der Waals surface area contributed by atoms with Gasteiger partial charge in [-0.05, 0) is 18.5 Å². The Hall–Kier alpha value is -0.693. The first-order valence-electron chi connectivity index (χ1n) is 6.65. The molecule has 1 N–H and O–H groups in total. The van der Waals surface area contributed by atoms with Crippen molar-refractivity contribution < 1.29 is 23.2 Å². The van der Waals surface area contributed by atoms with Gasteiger partial charge in [-0.15, -0.1) is 0 Å². The molecule has 0 saturated carbocycles. The van der Waals surface area contributed by atoms with Crippen LogP contribution in [0.5, 0.6) is 0 Å². The van der Waals surface area contributed by atoms with Gasteiger partial charge in [0.05, 0.1) is 0 Å². The molecule has 0 amide bonds. The second-order valence-corrected chi connectivity index (χ2v) is 7.08. The van der Waals surface area contributed by atoms with Crippen LogP contribution in [0, 0.1) is 0 Å². The molecule has 6 heteroatoms. The molecule has 112 valence electrons. The largest absolute Gasteiger partial charge is 0.529 e. The fourth-order valence-corrected chi connectivity index (χ4v) is 3.35. The molecule has 5 nitrogen and oxygen atoms in total. The lowest BCUT2D eigenvalue weighted by molar-refractivity contribution is -0.132. The van der Waals surface area contributed by atoms with Crippen LogP contribution in [-0.2, 0) is 18.1 Å². The third kappa shape index (κ3) is 6.86. The molecule has 19 heavy (non-hydrogen) atoms. The van der Waals surface area contributed by atoms with Gasteiger partial charge in [-0.1, -0.05) is 32.6 Å². The van der Waals surface area contributed by atoms with Crippen molar-refractivity contribution in [3.05, 3.63) is 11.3 Å². The predicted octanol–water partition coefficient (Wildman–Crippen LogP) is 2.78. The van der Waals surface area contributed by atoms with Crippen molar-refractivity contribution in [1.29, 1.82) is 0 Å². The molecule has 0 bridgehead atoms. The second-order valence-electron chi connectivity index (χ2n) is 4.35. The van der Waals surface area contributed by atoms with Crippen LogP contribution >= 0.6 is 0 Å². The van der Waals surface area contributed by atoms with Crippen molar-refractivity contribution in [2.45, 2.75) is 45.4 Å². The molecule has 0 rings (SSSR count).